The van der Waals surface area contributed by atoms with Crippen molar-refractivity contribution in [1.29, 1.82) is 0 Å². The van der Waals surface area contributed by atoms with Crippen molar-refractivity contribution in [3.05, 3.63) is 24.0 Å². The largest absolute Gasteiger partial charge is 0.398 e. The van der Waals surface area contributed by atoms with Gasteiger partial charge < -0.3 is 25.3 Å². The van der Waals surface area contributed by atoms with Crippen LogP contribution in [0.25, 0.3) is 11.0 Å². The van der Waals surface area contributed by atoms with Gasteiger partial charge in [-0.1, -0.05) is 0 Å². The van der Waals surface area contributed by atoms with Gasteiger partial charge in [-0.2, -0.15) is 0 Å². The van der Waals surface area contributed by atoms with Gasteiger partial charge in [0, 0.05) is 29.9 Å². The first-order valence-electron chi connectivity index (χ1n) is 6.28. The van der Waals surface area contributed by atoms with Crippen LogP contribution in [-0.2, 0) is 4.74 Å². The molecule has 0 spiro atoms. The molecule has 1 aliphatic heterocycles. The van der Waals surface area contributed by atoms with Gasteiger partial charge in [0.25, 0.3) is 0 Å². The summed E-state index contributed by atoms with van der Waals surface area (Å²) in [4.78, 5) is 4.32. The molecule has 3 rings (SSSR count). The number of anilines is 1. The lowest BCUT2D eigenvalue weighted by Gasteiger charge is -2.17. The molecular weight excluding hydrogens is 246 g/mol. The van der Waals surface area contributed by atoms with Gasteiger partial charge in [-0.25, -0.2) is 4.98 Å². The highest BCUT2D eigenvalue weighted by Crippen LogP contribution is 2.34. The van der Waals surface area contributed by atoms with E-state index in [1.54, 1.807) is 16.8 Å². The fourth-order valence-electron chi connectivity index (χ4n) is 2.69. The molecular formula is C13H17N3O3. The molecule has 6 heteroatoms. The van der Waals surface area contributed by atoms with Gasteiger partial charge in [0.2, 0.25) is 0 Å². The number of aliphatic hydroxyl groups is 2. The number of nitrogen functional groups attached to an aromatic ring is 1. The van der Waals surface area contributed by atoms with Crippen LogP contribution in [0.15, 0.2) is 18.5 Å². The number of fused-ring (bicyclic) bond motifs is 1. The highest BCUT2D eigenvalue weighted by atomic mass is 16.5. The lowest BCUT2D eigenvalue weighted by atomic mass is 10.2. The molecule has 0 aromatic carbocycles. The number of rotatable bonds is 2. The van der Waals surface area contributed by atoms with Gasteiger partial charge in [0.05, 0.1) is 12.7 Å². The van der Waals surface area contributed by atoms with Crippen LogP contribution in [0.1, 0.15) is 18.2 Å². The molecule has 1 fully saturated rings. The third-order valence-corrected chi connectivity index (χ3v) is 3.58. The van der Waals surface area contributed by atoms with E-state index in [0.29, 0.717) is 17.8 Å². The van der Waals surface area contributed by atoms with E-state index < -0.39 is 12.3 Å². The summed E-state index contributed by atoms with van der Waals surface area (Å²) < 4.78 is 7.45. The first-order valence-corrected chi connectivity index (χ1v) is 6.28. The second-order valence-corrected chi connectivity index (χ2v) is 4.95. The summed E-state index contributed by atoms with van der Waals surface area (Å²) in [7, 11) is 0. The number of nitrogens with zero attached hydrogens (tertiary/aromatic N) is 2. The van der Waals surface area contributed by atoms with E-state index in [9.17, 15) is 5.11 Å². The lowest BCUT2D eigenvalue weighted by Crippen LogP contribution is -2.19. The van der Waals surface area contributed by atoms with Crippen LogP contribution in [-0.4, -0.2) is 38.6 Å². The highest BCUT2D eigenvalue weighted by Gasteiger charge is 2.35. The first-order chi connectivity index (χ1) is 9.11. The topological polar surface area (TPSA) is 93.5 Å². The van der Waals surface area contributed by atoms with Gasteiger partial charge >= 0.3 is 0 Å². The van der Waals surface area contributed by atoms with Crippen molar-refractivity contribution in [2.24, 2.45) is 0 Å². The predicted molar refractivity (Wildman–Crippen MR) is 70.5 cm³/mol. The summed E-state index contributed by atoms with van der Waals surface area (Å²) in [6, 6.07) is 1.75. The third-order valence-electron chi connectivity index (χ3n) is 3.58. The summed E-state index contributed by atoms with van der Waals surface area (Å²) >= 11 is 0. The Balaban J connectivity index is 2.09. The number of nitrogens with two attached hydrogens (primary N) is 1. The molecule has 0 unspecified atom stereocenters. The van der Waals surface area contributed by atoms with E-state index >= 15 is 0 Å². The number of ether oxygens (including phenoxy) is 1. The van der Waals surface area contributed by atoms with Gasteiger partial charge in [0.1, 0.15) is 11.8 Å². The molecule has 0 aliphatic carbocycles. The number of aliphatic hydroxyl groups excluding tert-OH is 2. The van der Waals surface area contributed by atoms with E-state index in [-0.39, 0.29) is 12.7 Å². The van der Waals surface area contributed by atoms with Gasteiger partial charge in [-0.05, 0) is 18.6 Å². The van der Waals surface area contributed by atoms with Crippen LogP contribution in [0.5, 0.6) is 0 Å². The van der Waals surface area contributed by atoms with Gasteiger partial charge in [0.15, 0.2) is 6.23 Å². The maximum Gasteiger partial charge on any atom is 0.161 e. The fourth-order valence-corrected chi connectivity index (χ4v) is 2.69. The standard InChI is InChI=1S/C13H17N3O3/c1-7-5-16(12-11(7)9(14)2-3-15-12)13-10(18)4-8(6-17)19-13/h2-3,5,8,10,13,17-18H,4,6H2,1H3,(H2,14,15)/t8-,10+,13+/m0/s1. The molecule has 0 saturated carbocycles. The fraction of sp³-hybridized carbons (Fsp3) is 0.462. The Kier molecular flexibility index (Phi) is 2.93. The molecule has 0 amide bonds. The predicted octanol–water partition coefficient (Wildman–Crippen LogP) is 0.568. The maximum absolute atomic E-state index is 10.1. The molecule has 19 heavy (non-hydrogen) atoms. The average molecular weight is 263 g/mol. The molecule has 2 aromatic heterocycles. The second-order valence-electron chi connectivity index (χ2n) is 4.95. The van der Waals surface area contributed by atoms with Crippen molar-refractivity contribution < 1.29 is 14.9 Å². The summed E-state index contributed by atoms with van der Waals surface area (Å²) in [5.74, 6) is 0. The molecule has 2 aromatic rings. The summed E-state index contributed by atoms with van der Waals surface area (Å²) in [5.41, 5.74) is 8.30. The Morgan fingerprint density at radius 3 is 3.05 bits per heavy atom. The number of hydrogen-bond acceptors (Lipinski definition) is 5. The smallest absolute Gasteiger partial charge is 0.161 e. The first kappa shape index (κ1) is 12.4. The molecule has 102 valence electrons. The quantitative estimate of drug-likeness (QED) is 0.736. The van der Waals surface area contributed by atoms with Crippen molar-refractivity contribution in [2.45, 2.75) is 31.8 Å². The zero-order valence-electron chi connectivity index (χ0n) is 10.7. The summed E-state index contributed by atoms with van der Waals surface area (Å²) in [5, 5.41) is 20.1. The number of hydrogen-bond donors (Lipinski definition) is 3. The summed E-state index contributed by atoms with van der Waals surface area (Å²) in [6.45, 7) is 1.85. The minimum atomic E-state index is -0.657. The average Bonchev–Trinajstić information content (AvgIpc) is 2.91. The minimum absolute atomic E-state index is 0.0959. The van der Waals surface area contributed by atoms with Crippen molar-refractivity contribution in [2.75, 3.05) is 12.3 Å². The van der Waals surface area contributed by atoms with Gasteiger partial charge in [-0.3, -0.25) is 0 Å². The Morgan fingerprint density at radius 2 is 2.37 bits per heavy atom. The zero-order chi connectivity index (χ0) is 13.6. The van der Waals surface area contributed by atoms with E-state index in [0.717, 1.165) is 10.9 Å². The van der Waals surface area contributed by atoms with Crippen LogP contribution in [0.4, 0.5) is 5.69 Å². The molecule has 4 N–H and O–H groups in total. The Hall–Kier alpha value is -1.63. The molecule has 0 radical (unpaired) electrons. The van der Waals surface area contributed by atoms with Crippen LogP contribution in [0, 0.1) is 6.92 Å². The number of pyridine rings is 1. The lowest BCUT2D eigenvalue weighted by molar-refractivity contribution is -0.0484. The second kappa shape index (κ2) is 4.48. The van der Waals surface area contributed by atoms with E-state index in [2.05, 4.69) is 4.98 Å². The van der Waals surface area contributed by atoms with Crippen molar-refractivity contribution in [1.82, 2.24) is 9.55 Å². The molecule has 1 saturated heterocycles. The van der Waals surface area contributed by atoms with Crippen molar-refractivity contribution in [3.8, 4) is 0 Å². The van der Waals surface area contributed by atoms with Crippen LogP contribution in [0.2, 0.25) is 0 Å². The zero-order valence-corrected chi connectivity index (χ0v) is 10.7. The molecule has 0 bridgehead atoms. The molecule has 6 nitrogen and oxygen atoms in total. The monoisotopic (exact) mass is 263 g/mol. The Labute approximate surface area is 110 Å². The van der Waals surface area contributed by atoms with Gasteiger partial charge in [-0.15, -0.1) is 0 Å². The molecule has 3 heterocycles. The number of aryl methyl sites for hydroxylation is 1. The summed E-state index contributed by atoms with van der Waals surface area (Å²) in [6.07, 6.45) is 2.42. The van der Waals surface area contributed by atoms with E-state index in [4.69, 9.17) is 15.6 Å². The van der Waals surface area contributed by atoms with Crippen molar-refractivity contribution >= 4 is 16.7 Å². The van der Waals surface area contributed by atoms with Crippen molar-refractivity contribution in [3.63, 3.8) is 0 Å². The minimum Gasteiger partial charge on any atom is -0.398 e. The Bertz CT molecular complexity index is 610. The van der Waals surface area contributed by atoms with Crippen LogP contribution in [0.3, 0.4) is 0 Å². The highest BCUT2D eigenvalue weighted by molar-refractivity contribution is 5.91. The maximum atomic E-state index is 10.1. The van der Waals surface area contributed by atoms with E-state index in [1.807, 2.05) is 13.1 Å². The number of aromatic nitrogens is 2. The molecule has 3 atom stereocenters. The van der Waals surface area contributed by atoms with Crippen LogP contribution >= 0.6 is 0 Å². The SMILES string of the molecule is Cc1cn([C@@H]2O[C@H](CO)C[C@H]2O)c2nccc(N)c12. The third kappa shape index (κ3) is 1.88. The van der Waals surface area contributed by atoms with E-state index in [1.165, 1.54) is 0 Å². The molecule has 1 aliphatic rings. The van der Waals surface area contributed by atoms with Crippen LogP contribution < -0.4 is 5.73 Å². The Morgan fingerprint density at radius 1 is 1.58 bits per heavy atom. The normalized spacial score (nSPS) is 27.2.